The molecule has 0 atom stereocenters. The lowest BCUT2D eigenvalue weighted by atomic mass is 10.2. The van der Waals surface area contributed by atoms with Crippen LogP contribution in [0.15, 0.2) is 47.3 Å². The van der Waals surface area contributed by atoms with Crippen LogP contribution in [0, 0.1) is 0 Å². The zero-order valence-corrected chi connectivity index (χ0v) is 13.1. The number of aromatic nitrogens is 3. The molecule has 5 nitrogen and oxygen atoms in total. The maximum Gasteiger partial charge on any atom is 0.184 e. The number of furan rings is 1. The monoisotopic (exact) mass is 309 g/mol. The van der Waals surface area contributed by atoms with Crippen molar-refractivity contribution in [1.29, 1.82) is 0 Å². The number of hydrogen-bond donors (Lipinski definition) is 0. The van der Waals surface area contributed by atoms with Crippen LogP contribution in [0.2, 0.25) is 0 Å². The molecule has 0 aliphatic heterocycles. The highest BCUT2D eigenvalue weighted by molar-refractivity contribution is 5.61. The normalized spacial score (nSPS) is 15.2. The largest absolute Gasteiger partial charge is 0.497 e. The molecule has 2 heterocycles. The summed E-state index contributed by atoms with van der Waals surface area (Å²) in [6, 6.07) is 10.3. The molecule has 1 aliphatic carbocycles. The van der Waals surface area contributed by atoms with Gasteiger partial charge in [0.25, 0.3) is 0 Å². The molecule has 1 aromatic carbocycles. The summed E-state index contributed by atoms with van der Waals surface area (Å²) in [5.41, 5.74) is 1.97. The van der Waals surface area contributed by atoms with Crippen molar-refractivity contribution < 1.29 is 9.15 Å². The maximum absolute atomic E-state index is 5.24. The molecule has 0 spiro atoms. The molecule has 0 unspecified atom stereocenters. The van der Waals surface area contributed by atoms with Gasteiger partial charge in [0.2, 0.25) is 0 Å². The van der Waals surface area contributed by atoms with Crippen molar-refractivity contribution >= 4 is 0 Å². The molecular formula is C18H19N3O2. The quantitative estimate of drug-likeness (QED) is 0.720. The molecule has 4 rings (SSSR count). The van der Waals surface area contributed by atoms with Crippen molar-refractivity contribution in [1.82, 2.24) is 14.8 Å². The average Bonchev–Trinajstić information content (AvgIpc) is 3.34. The molecule has 3 aromatic rings. The summed E-state index contributed by atoms with van der Waals surface area (Å²) in [5.74, 6) is 2.47. The number of ether oxygens (including phenoxy) is 1. The molecule has 0 N–H and O–H groups in total. The Morgan fingerprint density at radius 1 is 1.09 bits per heavy atom. The minimum atomic E-state index is 0.431. The number of methoxy groups -OCH3 is 1. The van der Waals surface area contributed by atoms with Crippen molar-refractivity contribution in [2.24, 2.45) is 0 Å². The van der Waals surface area contributed by atoms with E-state index in [-0.39, 0.29) is 0 Å². The van der Waals surface area contributed by atoms with Crippen LogP contribution >= 0.6 is 0 Å². The van der Waals surface area contributed by atoms with Gasteiger partial charge < -0.3 is 9.15 Å². The molecule has 1 aliphatic rings. The SMILES string of the molecule is COc1ccc(-c2nc(-c3ccoc3)nn2C2CCCC2)cc1. The molecule has 1 saturated carbocycles. The van der Waals surface area contributed by atoms with Crippen LogP contribution in [0.25, 0.3) is 22.8 Å². The summed E-state index contributed by atoms with van der Waals surface area (Å²) >= 11 is 0. The molecule has 23 heavy (non-hydrogen) atoms. The Kier molecular flexibility index (Phi) is 3.61. The third kappa shape index (κ3) is 2.63. The van der Waals surface area contributed by atoms with Gasteiger partial charge in [0.05, 0.1) is 25.0 Å². The fraction of sp³-hybridized carbons (Fsp3) is 0.333. The van der Waals surface area contributed by atoms with Gasteiger partial charge in [-0.25, -0.2) is 9.67 Å². The highest BCUT2D eigenvalue weighted by atomic mass is 16.5. The Bertz CT molecular complexity index is 769. The second-order valence-electron chi connectivity index (χ2n) is 5.88. The number of benzene rings is 1. The Morgan fingerprint density at radius 2 is 1.87 bits per heavy atom. The van der Waals surface area contributed by atoms with Crippen LogP contribution < -0.4 is 4.74 Å². The predicted octanol–water partition coefficient (Wildman–Crippen LogP) is 4.33. The van der Waals surface area contributed by atoms with E-state index in [0.29, 0.717) is 6.04 Å². The van der Waals surface area contributed by atoms with Gasteiger partial charge in [0.1, 0.15) is 12.0 Å². The van der Waals surface area contributed by atoms with Gasteiger partial charge in [0.15, 0.2) is 11.6 Å². The Hall–Kier alpha value is -2.56. The summed E-state index contributed by atoms with van der Waals surface area (Å²) < 4.78 is 12.5. The van der Waals surface area contributed by atoms with E-state index in [4.69, 9.17) is 19.2 Å². The fourth-order valence-corrected chi connectivity index (χ4v) is 3.18. The summed E-state index contributed by atoms with van der Waals surface area (Å²) in [4.78, 5) is 4.77. The molecule has 1 fully saturated rings. The van der Waals surface area contributed by atoms with E-state index in [0.717, 1.165) is 41.4 Å². The van der Waals surface area contributed by atoms with Gasteiger partial charge in [-0.3, -0.25) is 0 Å². The van der Waals surface area contributed by atoms with E-state index in [2.05, 4.69) is 4.68 Å². The second-order valence-corrected chi connectivity index (χ2v) is 5.88. The lowest BCUT2D eigenvalue weighted by Gasteiger charge is -2.12. The Labute approximate surface area is 134 Å². The molecular weight excluding hydrogens is 290 g/mol. The van der Waals surface area contributed by atoms with Crippen molar-refractivity contribution in [3.05, 3.63) is 42.9 Å². The van der Waals surface area contributed by atoms with E-state index < -0.39 is 0 Å². The van der Waals surface area contributed by atoms with E-state index in [1.54, 1.807) is 19.6 Å². The predicted molar refractivity (Wildman–Crippen MR) is 87.2 cm³/mol. The highest BCUT2D eigenvalue weighted by Gasteiger charge is 2.23. The van der Waals surface area contributed by atoms with Gasteiger partial charge in [-0.05, 0) is 43.2 Å². The first kappa shape index (κ1) is 14.1. The molecule has 0 radical (unpaired) electrons. The van der Waals surface area contributed by atoms with Gasteiger partial charge in [-0.15, -0.1) is 0 Å². The maximum atomic E-state index is 5.24. The van der Waals surface area contributed by atoms with Gasteiger partial charge in [-0.1, -0.05) is 12.8 Å². The zero-order valence-electron chi connectivity index (χ0n) is 13.1. The van der Waals surface area contributed by atoms with Crippen molar-refractivity contribution in [2.75, 3.05) is 7.11 Å². The van der Waals surface area contributed by atoms with E-state index in [9.17, 15) is 0 Å². The summed E-state index contributed by atoms with van der Waals surface area (Å²) in [7, 11) is 1.67. The van der Waals surface area contributed by atoms with E-state index >= 15 is 0 Å². The smallest absolute Gasteiger partial charge is 0.184 e. The molecule has 118 valence electrons. The third-order valence-corrected chi connectivity index (χ3v) is 4.43. The Balaban J connectivity index is 1.79. The van der Waals surface area contributed by atoms with Crippen LogP contribution in [0.5, 0.6) is 5.75 Å². The standard InChI is InChI=1S/C18H19N3O2/c1-22-16-8-6-13(7-9-16)18-19-17(14-10-11-23-12-14)20-21(18)15-4-2-3-5-15/h6-12,15H,2-5H2,1H3. The minimum absolute atomic E-state index is 0.431. The Morgan fingerprint density at radius 3 is 2.52 bits per heavy atom. The van der Waals surface area contributed by atoms with Crippen LogP contribution in [0.3, 0.4) is 0 Å². The van der Waals surface area contributed by atoms with Crippen LogP contribution in [0.4, 0.5) is 0 Å². The van der Waals surface area contributed by atoms with Crippen molar-refractivity contribution in [3.8, 4) is 28.5 Å². The van der Waals surface area contributed by atoms with E-state index in [1.165, 1.54) is 12.8 Å². The third-order valence-electron chi connectivity index (χ3n) is 4.43. The molecule has 0 bridgehead atoms. The van der Waals surface area contributed by atoms with Gasteiger partial charge >= 0.3 is 0 Å². The number of nitrogens with zero attached hydrogens (tertiary/aromatic N) is 3. The van der Waals surface area contributed by atoms with Crippen molar-refractivity contribution in [2.45, 2.75) is 31.7 Å². The summed E-state index contributed by atoms with van der Waals surface area (Å²) in [6.07, 6.45) is 8.18. The first-order valence-electron chi connectivity index (χ1n) is 7.98. The van der Waals surface area contributed by atoms with Gasteiger partial charge in [-0.2, -0.15) is 5.10 Å². The first-order chi connectivity index (χ1) is 11.3. The second kappa shape index (κ2) is 5.91. The van der Waals surface area contributed by atoms with Crippen LogP contribution in [-0.4, -0.2) is 21.9 Å². The summed E-state index contributed by atoms with van der Waals surface area (Å²) in [6.45, 7) is 0. The summed E-state index contributed by atoms with van der Waals surface area (Å²) in [5, 5.41) is 4.77. The number of hydrogen-bond acceptors (Lipinski definition) is 4. The van der Waals surface area contributed by atoms with Crippen LogP contribution in [-0.2, 0) is 0 Å². The van der Waals surface area contributed by atoms with Crippen molar-refractivity contribution in [3.63, 3.8) is 0 Å². The molecule has 0 saturated heterocycles. The lowest BCUT2D eigenvalue weighted by molar-refractivity contribution is 0.415. The molecule has 0 amide bonds. The van der Waals surface area contributed by atoms with Crippen LogP contribution in [0.1, 0.15) is 31.7 Å². The fourth-order valence-electron chi connectivity index (χ4n) is 3.18. The minimum Gasteiger partial charge on any atom is -0.497 e. The van der Waals surface area contributed by atoms with Gasteiger partial charge in [0, 0.05) is 5.56 Å². The van der Waals surface area contributed by atoms with E-state index in [1.807, 2.05) is 30.3 Å². The highest BCUT2D eigenvalue weighted by Crippen LogP contribution is 2.34. The topological polar surface area (TPSA) is 53.1 Å². The molecule has 2 aromatic heterocycles. The average molecular weight is 309 g/mol. The lowest BCUT2D eigenvalue weighted by Crippen LogP contribution is -2.08. The molecule has 5 heteroatoms. The zero-order chi connectivity index (χ0) is 15.6. The first-order valence-corrected chi connectivity index (χ1v) is 7.98. The number of rotatable bonds is 4.